The second-order valence-corrected chi connectivity index (χ2v) is 10.2. The van der Waals surface area contributed by atoms with Crippen LogP contribution in [0.2, 0.25) is 0 Å². The average molecular weight is 652 g/mol. The lowest BCUT2D eigenvalue weighted by molar-refractivity contribution is -1.07. The Labute approximate surface area is 264 Å². The van der Waals surface area contributed by atoms with Crippen molar-refractivity contribution in [2.45, 2.75) is 0 Å². The molecule has 0 spiro atoms. The van der Waals surface area contributed by atoms with Crippen LogP contribution < -0.4 is 35.0 Å². The van der Waals surface area contributed by atoms with Gasteiger partial charge in [-0.3, -0.25) is 0 Å². The fourth-order valence-electron chi connectivity index (χ4n) is 5.93. The summed E-state index contributed by atoms with van der Waals surface area (Å²) in [5, 5.41) is 29.4. The first-order valence-electron chi connectivity index (χ1n) is 16.8. The summed E-state index contributed by atoms with van der Waals surface area (Å²) < 4.78 is 80.1. The highest BCUT2D eigenvalue weighted by Crippen LogP contribution is 2.27. The Kier molecular flexibility index (Phi) is 11.8. The summed E-state index contributed by atoms with van der Waals surface area (Å²) >= 11 is 0. The summed E-state index contributed by atoms with van der Waals surface area (Å²) in [4.78, 5) is 43.8. The smallest absolute Gasteiger partial charge is 0.359 e. The molecule has 0 atom stereocenters. The standard InChI is InChI=1S/2C10H16N2O4.2ClH.6H2O/c2*13-9(14)7-11-1-2-12(5-3-11,6-4-11)8-10(15)16;;;;;;;;/h2*1-8H2;2*1H;6*1H2/i/hD14. The number of carbonyl (C=O) groups is 4. The Morgan fingerprint density at radius 3 is 0.850 bits per heavy atom. The van der Waals surface area contributed by atoms with Crippen LogP contribution in [0.3, 0.4) is 0 Å². The normalized spacial score (nSPS) is 33.3. The number of aliphatic carboxylic acids is 4. The Hall–Kier alpha value is -1.94. The van der Waals surface area contributed by atoms with Gasteiger partial charge in [-0.25, -0.2) is 9.59 Å². The van der Waals surface area contributed by atoms with Crippen molar-refractivity contribution in [2.75, 3.05) is 105 Å². The predicted octanol–water partition coefficient (Wildman–Crippen LogP) is -16.0. The fourth-order valence-corrected chi connectivity index (χ4v) is 5.93. The molecule has 0 aromatic carbocycles. The van der Waals surface area contributed by atoms with Crippen molar-refractivity contribution in [2.24, 2.45) is 0 Å². The number of carboxylic acid groups (broad SMARTS) is 4. The van der Waals surface area contributed by atoms with Crippen molar-refractivity contribution in [3.05, 3.63) is 0 Å². The summed E-state index contributed by atoms with van der Waals surface area (Å²) in [6, 6.07) is 0. The third-order valence-electron chi connectivity index (χ3n) is 8.15. The van der Waals surface area contributed by atoms with Crippen molar-refractivity contribution >= 4 is 23.9 Å². The number of quaternary nitrogens is 4. The SMILES string of the molecule is [2H]OC(=O)C[N+]12CC[N+](CC(=O)[O-])(CC1)CC2.[2H]OC(=O)C[N+]12CC[N+](CC(=O)[O-])(CC1)CC2.[2H]O[2H].[2H]O[2H].[2H]O[2H].[2H]O[2H].[2H]O[2H].[2H]O[2H].[Cl-].[Cl-]. The van der Waals surface area contributed by atoms with Crippen LogP contribution in [-0.4, -0.2) is 207 Å². The average Bonchev–Trinajstić information content (AvgIpc) is 3.08. The van der Waals surface area contributed by atoms with Gasteiger partial charge in [0.2, 0.25) is 17.2 Å². The molecule has 20 heteroatoms. The highest BCUT2D eigenvalue weighted by molar-refractivity contribution is 5.68. The first-order valence-corrected chi connectivity index (χ1v) is 11.1. The minimum atomic E-state index is -1.00. The fraction of sp³-hybridized carbons (Fsp3) is 0.800. The predicted molar refractivity (Wildman–Crippen MR) is 126 cm³/mol. The van der Waals surface area contributed by atoms with Crippen LogP contribution in [0.4, 0.5) is 0 Å². The number of carboxylic acids is 4. The van der Waals surface area contributed by atoms with Gasteiger partial charge >= 0.3 is 11.9 Å². The van der Waals surface area contributed by atoms with Gasteiger partial charge in [-0.1, -0.05) is 0 Å². The molecule has 18 nitrogen and oxygen atoms in total. The van der Waals surface area contributed by atoms with E-state index in [2.05, 4.69) is 43.1 Å². The second kappa shape index (κ2) is 19.2. The van der Waals surface area contributed by atoms with E-state index < -0.39 is 23.9 Å². The lowest BCUT2D eigenvalue weighted by Gasteiger charge is -2.55. The number of hydrogen-bond acceptors (Lipinski definition) is 8. The minimum absolute atomic E-state index is 0. The molecule has 0 aromatic rings. The van der Waals surface area contributed by atoms with Gasteiger partial charge in [-0.15, -0.1) is 0 Å². The van der Waals surface area contributed by atoms with Crippen LogP contribution in [-0.2, 0) is 19.2 Å². The topological polar surface area (TPSA) is 344 Å². The van der Waals surface area contributed by atoms with Crippen molar-refractivity contribution in [1.29, 1.82) is 20.0 Å². The van der Waals surface area contributed by atoms with Gasteiger partial charge in [-0.2, -0.15) is 0 Å². The first kappa shape index (κ1) is 24.6. The van der Waals surface area contributed by atoms with E-state index in [1.165, 1.54) is 0 Å². The van der Waals surface area contributed by atoms with Crippen LogP contribution in [0.15, 0.2) is 0 Å². The molecule has 0 amide bonds. The van der Waals surface area contributed by atoms with Gasteiger partial charge in [0.25, 0.3) is 2.86 Å². The minimum Gasteiger partial charge on any atom is -1.00 e. The zero-order chi connectivity index (χ0) is 41.3. The molecule has 0 aliphatic carbocycles. The lowest BCUT2D eigenvalue weighted by Crippen LogP contribution is -3.00. The van der Waals surface area contributed by atoms with E-state index in [1.54, 1.807) is 0 Å². The summed E-state index contributed by atoms with van der Waals surface area (Å²) in [5.41, 5.74) is 16.5. The molecule has 0 unspecified atom stereocenters. The third kappa shape index (κ3) is 12.3. The van der Waals surface area contributed by atoms with E-state index in [4.69, 9.17) is 20.0 Å². The van der Waals surface area contributed by atoms with Crippen molar-refractivity contribution in [3.8, 4) is 0 Å². The highest BCUT2D eigenvalue weighted by Gasteiger charge is 2.50. The zero-order valence-electron chi connectivity index (χ0n) is 35.6. The van der Waals surface area contributed by atoms with E-state index in [1.807, 2.05) is 0 Å². The highest BCUT2D eigenvalue weighted by atomic mass is 35.5. The maximum atomic E-state index is 11.2. The molecule has 244 valence electrons. The molecule has 40 heavy (non-hydrogen) atoms. The van der Waals surface area contributed by atoms with Crippen LogP contribution in [0, 0.1) is 0 Å². The molecule has 14 N–H and O–H groups in total. The molecule has 4 bridgehead atoms. The number of carbonyl (C=O) groups excluding carboxylic acids is 2. The molecule has 6 saturated heterocycles. The largest absolute Gasteiger partial charge is 1.00 e. The van der Waals surface area contributed by atoms with Crippen molar-refractivity contribution in [1.82, 2.24) is 0 Å². The van der Waals surface area contributed by atoms with E-state index in [9.17, 15) is 29.4 Å². The number of fused-ring (bicyclic) bond motifs is 6. The molecule has 6 aliphatic heterocycles. The Bertz CT molecular complexity index is 842. The molecule has 6 rings (SSSR count). The molecule has 6 fully saturated rings. The molecule has 0 radical (unpaired) electrons. The molecular formula is C20H46Cl2N4O14. The maximum absolute atomic E-state index is 11.2. The number of hydrogen-bond donors (Lipinski definition) is 2. The monoisotopic (exact) mass is 650 g/mol. The quantitative estimate of drug-likeness (QED) is 0.237. The third-order valence-corrected chi connectivity index (χ3v) is 8.15. The number of rotatable bonds is 8. The lowest BCUT2D eigenvalue weighted by atomic mass is 10.1. The van der Waals surface area contributed by atoms with Gasteiger partial charge < -0.3 is 106 Å². The Balaban J connectivity index is -0.000000145. The summed E-state index contributed by atoms with van der Waals surface area (Å²) in [6.07, 6.45) is 0. The first-order chi connectivity index (χ1) is 24.5. The number of piperazine rings is 6. The maximum Gasteiger partial charge on any atom is 0.359 e. The van der Waals surface area contributed by atoms with E-state index in [-0.39, 0.29) is 51.0 Å². The van der Waals surface area contributed by atoms with Gasteiger partial charge in [0, 0.05) is 0 Å². The van der Waals surface area contributed by atoms with Crippen LogP contribution >= 0.6 is 0 Å². The second-order valence-electron chi connectivity index (χ2n) is 10.2. The van der Waals surface area contributed by atoms with Gasteiger partial charge in [0.05, 0.1) is 11.9 Å². The van der Waals surface area contributed by atoms with Crippen LogP contribution in [0.1, 0.15) is 0 Å². The van der Waals surface area contributed by atoms with Crippen LogP contribution in [0.5, 0.6) is 0 Å². The van der Waals surface area contributed by atoms with Gasteiger partial charge in [0.1, 0.15) is 91.6 Å². The van der Waals surface area contributed by atoms with Crippen LogP contribution in [0.25, 0.3) is 2.86 Å². The molecule has 6 heterocycles. The zero-order valence-corrected chi connectivity index (χ0v) is 23.1. The molecule has 0 aromatic heterocycles. The Morgan fingerprint density at radius 1 is 0.525 bits per heavy atom. The molecule has 0 saturated carbocycles. The molecule has 6 aliphatic rings. The summed E-state index contributed by atoms with van der Waals surface area (Å²) in [5.74, 6) is -3.02. The summed E-state index contributed by atoms with van der Waals surface area (Å²) in [6.45, 7) is 9.87. The van der Waals surface area contributed by atoms with Gasteiger partial charge in [0.15, 0.2) is 13.1 Å². The Morgan fingerprint density at radius 2 is 0.700 bits per heavy atom. The number of halogens is 2. The molecular weight excluding hydrogens is 591 g/mol. The number of nitrogens with zero attached hydrogens (tertiary/aromatic N) is 4. The van der Waals surface area contributed by atoms with E-state index in [0.717, 1.165) is 78.5 Å². The van der Waals surface area contributed by atoms with Crippen molar-refractivity contribution in [3.63, 3.8) is 0 Å². The van der Waals surface area contributed by atoms with Gasteiger partial charge in [-0.05, 0) is 0 Å². The summed E-state index contributed by atoms with van der Waals surface area (Å²) in [7, 11) is 0. The van der Waals surface area contributed by atoms with E-state index >= 15 is 0 Å². The van der Waals surface area contributed by atoms with E-state index in [0.29, 0.717) is 17.9 Å². The van der Waals surface area contributed by atoms with Crippen molar-refractivity contribution < 1.29 is 115 Å².